The molecule has 0 amide bonds. The summed E-state index contributed by atoms with van der Waals surface area (Å²) in [7, 11) is 0. The van der Waals surface area contributed by atoms with Gasteiger partial charge in [-0.25, -0.2) is 0 Å². The Balaban J connectivity index is 2.19. The molecule has 0 aromatic heterocycles. The molecule has 0 heteroatoms. The molecular formula is C11H10. The second kappa shape index (κ2) is 1.76. The number of fused-ring (bicyclic) bond motifs is 3. The minimum atomic E-state index is 0.770. The molecule has 0 bridgehead atoms. The van der Waals surface area contributed by atoms with Crippen molar-refractivity contribution in [1.29, 1.82) is 0 Å². The highest BCUT2D eigenvalue weighted by Gasteiger charge is 2.33. The number of hydrogen-bond donors (Lipinski definition) is 0. The van der Waals surface area contributed by atoms with Gasteiger partial charge in [0.05, 0.1) is 0 Å². The summed E-state index contributed by atoms with van der Waals surface area (Å²) >= 11 is 0. The number of allylic oxidation sites excluding steroid dienone is 2. The summed E-state index contributed by atoms with van der Waals surface area (Å²) < 4.78 is 0. The zero-order valence-corrected chi connectivity index (χ0v) is 6.33. The van der Waals surface area contributed by atoms with E-state index in [9.17, 15) is 0 Å². The molecule has 1 aromatic carbocycles. The van der Waals surface area contributed by atoms with E-state index >= 15 is 0 Å². The SMILES string of the molecule is C1=CC2c3ccccc3CC12. The van der Waals surface area contributed by atoms with Crippen molar-refractivity contribution >= 4 is 0 Å². The van der Waals surface area contributed by atoms with Crippen LogP contribution in [0.25, 0.3) is 0 Å². The molecule has 2 unspecified atom stereocenters. The largest absolute Gasteiger partial charge is 0.0835 e. The van der Waals surface area contributed by atoms with E-state index in [0.29, 0.717) is 0 Å². The average molecular weight is 142 g/mol. The third-order valence-corrected chi connectivity index (χ3v) is 2.90. The summed E-state index contributed by atoms with van der Waals surface area (Å²) in [5.74, 6) is 1.61. The zero-order chi connectivity index (χ0) is 7.26. The lowest BCUT2D eigenvalue weighted by Crippen LogP contribution is -2.10. The summed E-state index contributed by atoms with van der Waals surface area (Å²) in [6, 6.07) is 8.82. The first-order valence-corrected chi connectivity index (χ1v) is 4.21. The van der Waals surface area contributed by atoms with Crippen LogP contribution in [0.3, 0.4) is 0 Å². The molecule has 54 valence electrons. The summed E-state index contributed by atoms with van der Waals surface area (Å²) in [6.45, 7) is 0. The Hall–Kier alpha value is -1.04. The predicted molar refractivity (Wildman–Crippen MR) is 45.5 cm³/mol. The Morgan fingerprint density at radius 3 is 2.82 bits per heavy atom. The fourth-order valence-corrected chi connectivity index (χ4v) is 2.21. The fourth-order valence-electron chi connectivity index (χ4n) is 2.21. The van der Waals surface area contributed by atoms with Crippen LogP contribution in [-0.4, -0.2) is 0 Å². The molecule has 0 aliphatic heterocycles. The molecule has 1 aromatic rings. The van der Waals surface area contributed by atoms with Gasteiger partial charge in [0.2, 0.25) is 0 Å². The van der Waals surface area contributed by atoms with Crippen molar-refractivity contribution in [3.05, 3.63) is 47.5 Å². The molecule has 11 heavy (non-hydrogen) atoms. The van der Waals surface area contributed by atoms with Gasteiger partial charge in [-0.2, -0.15) is 0 Å². The van der Waals surface area contributed by atoms with E-state index in [1.807, 2.05) is 0 Å². The summed E-state index contributed by atoms with van der Waals surface area (Å²) in [5, 5.41) is 0. The molecule has 2 aliphatic rings. The molecule has 2 aliphatic carbocycles. The lowest BCUT2D eigenvalue weighted by Gasteiger charge is -2.21. The molecule has 0 radical (unpaired) electrons. The molecule has 0 saturated heterocycles. The van der Waals surface area contributed by atoms with E-state index in [-0.39, 0.29) is 0 Å². The van der Waals surface area contributed by atoms with Gasteiger partial charge in [0.1, 0.15) is 0 Å². The van der Waals surface area contributed by atoms with E-state index < -0.39 is 0 Å². The van der Waals surface area contributed by atoms with Crippen molar-refractivity contribution in [2.24, 2.45) is 5.92 Å². The van der Waals surface area contributed by atoms with E-state index in [1.165, 1.54) is 6.42 Å². The third-order valence-electron chi connectivity index (χ3n) is 2.90. The zero-order valence-electron chi connectivity index (χ0n) is 6.33. The maximum absolute atomic E-state index is 2.34. The van der Waals surface area contributed by atoms with Gasteiger partial charge in [0, 0.05) is 5.92 Å². The smallest absolute Gasteiger partial charge is 0.00868 e. The normalized spacial score (nSPS) is 30.9. The molecule has 0 fully saturated rings. The second-order valence-corrected chi connectivity index (χ2v) is 3.48. The van der Waals surface area contributed by atoms with Crippen molar-refractivity contribution in [2.45, 2.75) is 12.3 Å². The average Bonchev–Trinajstić information content (AvgIpc) is 2.23. The van der Waals surface area contributed by atoms with Crippen molar-refractivity contribution in [3.63, 3.8) is 0 Å². The van der Waals surface area contributed by atoms with Crippen LogP contribution in [0.4, 0.5) is 0 Å². The van der Waals surface area contributed by atoms with Crippen LogP contribution in [-0.2, 0) is 6.42 Å². The molecule has 0 N–H and O–H groups in total. The first kappa shape index (κ1) is 5.59. The number of hydrogen-bond acceptors (Lipinski definition) is 0. The Kier molecular flexibility index (Phi) is 0.894. The monoisotopic (exact) mass is 142 g/mol. The molecule has 0 nitrogen and oxygen atoms in total. The highest BCUT2D eigenvalue weighted by molar-refractivity contribution is 5.44. The predicted octanol–water partition coefficient (Wildman–Crippen LogP) is 2.51. The van der Waals surface area contributed by atoms with Gasteiger partial charge < -0.3 is 0 Å². The van der Waals surface area contributed by atoms with Gasteiger partial charge in [-0.15, -0.1) is 0 Å². The third kappa shape index (κ3) is 0.597. The fraction of sp³-hybridized carbons (Fsp3) is 0.273. The molecular weight excluding hydrogens is 132 g/mol. The van der Waals surface area contributed by atoms with Crippen LogP contribution in [0.15, 0.2) is 36.4 Å². The molecule has 0 spiro atoms. The maximum Gasteiger partial charge on any atom is 0.00868 e. The van der Waals surface area contributed by atoms with Gasteiger partial charge >= 0.3 is 0 Å². The van der Waals surface area contributed by atoms with E-state index in [2.05, 4.69) is 36.4 Å². The van der Waals surface area contributed by atoms with Gasteiger partial charge in [-0.1, -0.05) is 36.4 Å². The number of rotatable bonds is 0. The Bertz CT molecular complexity index is 323. The highest BCUT2D eigenvalue weighted by atomic mass is 14.4. The summed E-state index contributed by atoms with van der Waals surface area (Å²) in [4.78, 5) is 0. The second-order valence-electron chi connectivity index (χ2n) is 3.48. The van der Waals surface area contributed by atoms with Crippen LogP contribution < -0.4 is 0 Å². The van der Waals surface area contributed by atoms with Crippen molar-refractivity contribution in [1.82, 2.24) is 0 Å². The van der Waals surface area contributed by atoms with Crippen LogP contribution in [0.1, 0.15) is 17.0 Å². The topological polar surface area (TPSA) is 0 Å². The highest BCUT2D eigenvalue weighted by Crippen LogP contribution is 2.45. The quantitative estimate of drug-likeness (QED) is 0.488. The van der Waals surface area contributed by atoms with Crippen LogP contribution in [0.5, 0.6) is 0 Å². The molecule has 0 heterocycles. The number of benzene rings is 1. The van der Waals surface area contributed by atoms with Gasteiger partial charge in [-0.3, -0.25) is 0 Å². The van der Waals surface area contributed by atoms with Gasteiger partial charge in [0.25, 0.3) is 0 Å². The lowest BCUT2D eigenvalue weighted by molar-refractivity contribution is 0.579. The van der Waals surface area contributed by atoms with E-state index in [0.717, 1.165) is 11.8 Å². The van der Waals surface area contributed by atoms with Crippen LogP contribution in [0.2, 0.25) is 0 Å². The first-order valence-electron chi connectivity index (χ1n) is 4.21. The molecule has 2 atom stereocenters. The van der Waals surface area contributed by atoms with Gasteiger partial charge in [-0.05, 0) is 23.5 Å². The first-order chi connectivity index (χ1) is 5.45. The lowest BCUT2D eigenvalue weighted by atomic mass is 9.83. The molecule has 3 rings (SSSR count). The van der Waals surface area contributed by atoms with Crippen LogP contribution >= 0.6 is 0 Å². The van der Waals surface area contributed by atoms with Gasteiger partial charge in [0.15, 0.2) is 0 Å². The Morgan fingerprint density at radius 2 is 2.00 bits per heavy atom. The van der Waals surface area contributed by atoms with E-state index in [1.54, 1.807) is 11.1 Å². The minimum absolute atomic E-state index is 0.770. The summed E-state index contributed by atoms with van der Waals surface area (Å²) in [6.07, 6.45) is 5.94. The van der Waals surface area contributed by atoms with Crippen LogP contribution in [0, 0.1) is 5.92 Å². The summed E-state index contributed by atoms with van der Waals surface area (Å²) in [5.41, 5.74) is 3.13. The Morgan fingerprint density at radius 1 is 1.09 bits per heavy atom. The van der Waals surface area contributed by atoms with Crippen molar-refractivity contribution < 1.29 is 0 Å². The van der Waals surface area contributed by atoms with Crippen molar-refractivity contribution in [3.8, 4) is 0 Å². The minimum Gasteiger partial charge on any atom is -0.0835 e. The van der Waals surface area contributed by atoms with Crippen molar-refractivity contribution in [2.75, 3.05) is 0 Å². The van der Waals surface area contributed by atoms with E-state index in [4.69, 9.17) is 0 Å². The standard InChI is InChI=1S/C11H10/c1-2-4-10-8(3-1)7-9-5-6-11(9)10/h1-6,9,11H,7H2. The molecule has 0 saturated carbocycles. The Labute approximate surface area is 66.6 Å². The maximum atomic E-state index is 2.34.